The molecule has 0 aromatic carbocycles. The summed E-state index contributed by atoms with van der Waals surface area (Å²) in [5.41, 5.74) is 3.56. The SMILES string of the molecule is CC(C)N=Nc1cc(-c2cc3c([nH]2)CCNC3=O)ccn1. The van der Waals surface area contributed by atoms with Gasteiger partial charge in [0.05, 0.1) is 11.6 Å². The Morgan fingerprint density at radius 3 is 2.95 bits per heavy atom. The second-order valence-electron chi connectivity index (χ2n) is 5.29. The smallest absolute Gasteiger partial charge is 0.253 e. The molecule has 0 aliphatic carbocycles. The number of hydrogen-bond acceptors (Lipinski definition) is 4. The van der Waals surface area contributed by atoms with E-state index in [2.05, 4.69) is 25.5 Å². The van der Waals surface area contributed by atoms with E-state index in [9.17, 15) is 4.79 Å². The van der Waals surface area contributed by atoms with Crippen LogP contribution in [0.25, 0.3) is 11.3 Å². The summed E-state index contributed by atoms with van der Waals surface area (Å²) in [6, 6.07) is 5.77. The Morgan fingerprint density at radius 1 is 1.33 bits per heavy atom. The number of pyridine rings is 1. The van der Waals surface area contributed by atoms with Gasteiger partial charge in [0.25, 0.3) is 5.91 Å². The zero-order valence-electron chi connectivity index (χ0n) is 12.1. The van der Waals surface area contributed by atoms with Crippen LogP contribution in [0.3, 0.4) is 0 Å². The Balaban J connectivity index is 1.94. The quantitative estimate of drug-likeness (QED) is 0.849. The number of nitrogens with zero attached hydrogens (tertiary/aromatic N) is 3. The van der Waals surface area contributed by atoms with E-state index in [4.69, 9.17) is 0 Å². The number of aromatic amines is 1. The van der Waals surface area contributed by atoms with E-state index in [1.807, 2.05) is 32.0 Å². The molecule has 6 nitrogen and oxygen atoms in total. The largest absolute Gasteiger partial charge is 0.358 e. The molecule has 1 aliphatic rings. The van der Waals surface area contributed by atoms with Gasteiger partial charge in [-0.25, -0.2) is 4.98 Å². The maximum atomic E-state index is 11.8. The number of hydrogen-bond donors (Lipinski definition) is 2. The minimum atomic E-state index is -0.0208. The molecule has 3 rings (SSSR count). The van der Waals surface area contributed by atoms with Crippen molar-refractivity contribution in [2.75, 3.05) is 6.54 Å². The molecule has 0 radical (unpaired) electrons. The van der Waals surface area contributed by atoms with Crippen LogP contribution in [0.4, 0.5) is 5.82 Å². The lowest BCUT2D eigenvalue weighted by atomic mass is 10.1. The molecule has 1 aliphatic heterocycles. The number of nitrogens with one attached hydrogen (secondary N) is 2. The maximum Gasteiger partial charge on any atom is 0.253 e. The summed E-state index contributed by atoms with van der Waals surface area (Å²) in [6.45, 7) is 4.60. The first-order chi connectivity index (χ1) is 10.1. The first-order valence-electron chi connectivity index (χ1n) is 7.01. The van der Waals surface area contributed by atoms with Crippen molar-refractivity contribution in [2.45, 2.75) is 26.3 Å². The second kappa shape index (κ2) is 5.47. The van der Waals surface area contributed by atoms with Gasteiger partial charge in [-0.15, -0.1) is 5.11 Å². The van der Waals surface area contributed by atoms with Gasteiger partial charge in [0.2, 0.25) is 0 Å². The van der Waals surface area contributed by atoms with Crippen molar-refractivity contribution >= 4 is 11.7 Å². The summed E-state index contributed by atoms with van der Waals surface area (Å²) in [6.07, 6.45) is 2.52. The molecule has 2 aromatic rings. The minimum Gasteiger partial charge on any atom is -0.358 e. The number of H-pyrrole nitrogens is 1. The fourth-order valence-corrected chi connectivity index (χ4v) is 2.26. The average molecular weight is 283 g/mol. The first-order valence-corrected chi connectivity index (χ1v) is 7.01. The predicted octanol–water partition coefficient (Wildman–Crippen LogP) is 2.85. The molecular weight excluding hydrogens is 266 g/mol. The lowest BCUT2D eigenvalue weighted by Gasteiger charge is -2.10. The van der Waals surface area contributed by atoms with Crippen LogP contribution in [0, 0.1) is 0 Å². The van der Waals surface area contributed by atoms with Crippen molar-refractivity contribution in [3.05, 3.63) is 35.7 Å². The Hall–Kier alpha value is -2.50. The van der Waals surface area contributed by atoms with Crippen molar-refractivity contribution in [3.8, 4) is 11.3 Å². The van der Waals surface area contributed by atoms with Crippen LogP contribution in [-0.4, -0.2) is 28.5 Å². The van der Waals surface area contributed by atoms with Crippen molar-refractivity contribution in [3.63, 3.8) is 0 Å². The van der Waals surface area contributed by atoms with Crippen LogP contribution >= 0.6 is 0 Å². The topological polar surface area (TPSA) is 82.5 Å². The van der Waals surface area contributed by atoms with Gasteiger partial charge in [-0.05, 0) is 32.0 Å². The van der Waals surface area contributed by atoms with Gasteiger partial charge >= 0.3 is 0 Å². The molecule has 1 amide bonds. The zero-order chi connectivity index (χ0) is 14.8. The third-order valence-corrected chi connectivity index (χ3v) is 3.25. The highest BCUT2D eigenvalue weighted by Crippen LogP contribution is 2.26. The van der Waals surface area contributed by atoms with E-state index in [0.29, 0.717) is 12.4 Å². The molecule has 0 saturated heterocycles. The molecule has 2 N–H and O–H groups in total. The summed E-state index contributed by atoms with van der Waals surface area (Å²) in [5.74, 6) is 0.547. The fraction of sp³-hybridized carbons (Fsp3) is 0.333. The van der Waals surface area contributed by atoms with Gasteiger partial charge in [0.15, 0.2) is 5.82 Å². The lowest BCUT2D eigenvalue weighted by Crippen LogP contribution is -2.31. The standard InChI is InChI=1S/C15H17N5O/c1-9(2)19-20-14-7-10(3-5-16-14)13-8-11-12(18-13)4-6-17-15(11)21/h3,5,7-9,18H,4,6H2,1-2H3,(H,17,21). The molecule has 108 valence electrons. The number of carbonyl (C=O) groups excluding carboxylic acids is 1. The van der Waals surface area contributed by atoms with Gasteiger partial charge in [-0.1, -0.05) is 0 Å². The van der Waals surface area contributed by atoms with Crippen molar-refractivity contribution in [1.82, 2.24) is 15.3 Å². The molecule has 21 heavy (non-hydrogen) atoms. The normalized spacial score (nSPS) is 14.5. The summed E-state index contributed by atoms with van der Waals surface area (Å²) >= 11 is 0. The summed E-state index contributed by atoms with van der Waals surface area (Å²) < 4.78 is 0. The number of carbonyl (C=O) groups is 1. The Bertz CT molecular complexity index is 702. The van der Waals surface area contributed by atoms with Gasteiger partial charge < -0.3 is 10.3 Å². The van der Waals surface area contributed by atoms with E-state index in [1.54, 1.807) is 6.20 Å². The van der Waals surface area contributed by atoms with Crippen molar-refractivity contribution < 1.29 is 4.79 Å². The van der Waals surface area contributed by atoms with Crippen LogP contribution in [0.1, 0.15) is 29.9 Å². The lowest BCUT2D eigenvalue weighted by molar-refractivity contribution is 0.0946. The molecule has 6 heteroatoms. The number of amides is 1. The zero-order valence-corrected chi connectivity index (χ0v) is 12.1. The third kappa shape index (κ3) is 2.84. The van der Waals surface area contributed by atoms with Gasteiger partial charge in [0.1, 0.15) is 0 Å². The fourth-order valence-electron chi connectivity index (χ4n) is 2.26. The summed E-state index contributed by atoms with van der Waals surface area (Å²) in [4.78, 5) is 19.3. The highest BCUT2D eigenvalue weighted by molar-refractivity contribution is 5.97. The van der Waals surface area contributed by atoms with Crippen LogP contribution < -0.4 is 5.32 Å². The van der Waals surface area contributed by atoms with Crippen molar-refractivity contribution in [2.24, 2.45) is 10.2 Å². The second-order valence-corrected chi connectivity index (χ2v) is 5.29. The van der Waals surface area contributed by atoms with E-state index >= 15 is 0 Å². The Morgan fingerprint density at radius 2 is 2.19 bits per heavy atom. The Kier molecular flexibility index (Phi) is 3.51. The van der Waals surface area contributed by atoms with Crippen LogP contribution in [-0.2, 0) is 6.42 Å². The van der Waals surface area contributed by atoms with Crippen LogP contribution in [0.5, 0.6) is 0 Å². The van der Waals surface area contributed by atoms with Crippen LogP contribution in [0.2, 0.25) is 0 Å². The molecule has 0 fully saturated rings. The molecule has 2 aromatic heterocycles. The summed E-state index contributed by atoms with van der Waals surface area (Å²) in [7, 11) is 0. The van der Waals surface area contributed by atoms with Gasteiger partial charge in [-0.3, -0.25) is 4.79 Å². The van der Waals surface area contributed by atoms with Crippen LogP contribution in [0.15, 0.2) is 34.6 Å². The predicted molar refractivity (Wildman–Crippen MR) is 79.7 cm³/mol. The van der Waals surface area contributed by atoms with Gasteiger partial charge in [0, 0.05) is 36.1 Å². The van der Waals surface area contributed by atoms with Crippen molar-refractivity contribution in [1.29, 1.82) is 0 Å². The van der Waals surface area contributed by atoms with E-state index in [-0.39, 0.29) is 11.9 Å². The molecule has 0 unspecified atom stereocenters. The number of azo groups is 1. The number of aromatic nitrogens is 2. The number of fused-ring (bicyclic) bond motifs is 1. The van der Waals surface area contributed by atoms with E-state index in [0.717, 1.165) is 28.9 Å². The Labute approximate surface area is 122 Å². The molecule has 3 heterocycles. The molecular formula is C15H17N5O. The number of rotatable bonds is 3. The maximum absolute atomic E-state index is 11.8. The molecule has 0 bridgehead atoms. The monoisotopic (exact) mass is 283 g/mol. The first kappa shape index (κ1) is 13.5. The molecule has 0 saturated carbocycles. The highest BCUT2D eigenvalue weighted by Gasteiger charge is 2.19. The van der Waals surface area contributed by atoms with E-state index < -0.39 is 0 Å². The highest BCUT2D eigenvalue weighted by atomic mass is 16.1. The summed E-state index contributed by atoms with van der Waals surface area (Å²) in [5, 5.41) is 11.0. The molecule has 0 atom stereocenters. The average Bonchev–Trinajstić information content (AvgIpc) is 2.91. The molecule has 0 spiro atoms. The third-order valence-electron chi connectivity index (χ3n) is 3.25. The van der Waals surface area contributed by atoms with E-state index in [1.165, 1.54) is 0 Å². The minimum absolute atomic E-state index is 0.0208. The van der Waals surface area contributed by atoms with Gasteiger partial charge in [-0.2, -0.15) is 5.11 Å².